The van der Waals surface area contributed by atoms with Crippen LogP contribution in [0.1, 0.15) is 10.4 Å². The molecular formula is C13H11ClFN3O. The van der Waals surface area contributed by atoms with E-state index in [0.717, 1.165) is 6.07 Å². The number of nitrogens with one attached hydrogen (secondary N) is 1. The standard InChI is InChI=1S/C13H11ClFN3O/c14-11-2-1-8(15)5-12(11)18-13(19)7-3-9(16)6-10(17)4-7/h1-6H,16-17H2,(H,18,19). The normalized spacial score (nSPS) is 10.2. The Morgan fingerprint density at radius 2 is 1.74 bits per heavy atom. The highest BCUT2D eigenvalue weighted by Gasteiger charge is 2.10. The van der Waals surface area contributed by atoms with Crippen molar-refractivity contribution in [3.05, 3.63) is 52.8 Å². The van der Waals surface area contributed by atoms with Gasteiger partial charge in [0.05, 0.1) is 10.7 Å². The van der Waals surface area contributed by atoms with Crippen molar-refractivity contribution in [3.8, 4) is 0 Å². The van der Waals surface area contributed by atoms with Crippen molar-refractivity contribution in [3.63, 3.8) is 0 Å². The van der Waals surface area contributed by atoms with Crippen LogP contribution in [0.3, 0.4) is 0 Å². The van der Waals surface area contributed by atoms with Crippen LogP contribution >= 0.6 is 11.6 Å². The molecular weight excluding hydrogens is 269 g/mol. The molecule has 2 rings (SSSR count). The summed E-state index contributed by atoms with van der Waals surface area (Å²) in [5.74, 6) is -0.960. The van der Waals surface area contributed by atoms with E-state index in [-0.39, 0.29) is 16.3 Å². The SMILES string of the molecule is Nc1cc(N)cc(C(=O)Nc2cc(F)ccc2Cl)c1. The molecule has 2 aromatic rings. The Kier molecular flexibility index (Phi) is 3.57. The molecule has 0 spiro atoms. The lowest BCUT2D eigenvalue weighted by atomic mass is 10.1. The van der Waals surface area contributed by atoms with E-state index in [1.54, 1.807) is 0 Å². The molecule has 0 aliphatic heterocycles. The number of amides is 1. The second-order valence-corrected chi connectivity index (χ2v) is 4.37. The highest BCUT2D eigenvalue weighted by atomic mass is 35.5. The van der Waals surface area contributed by atoms with E-state index in [0.29, 0.717) is 11.4 Å². The Morgan fingerprint density at radius 1 is 1.11 bits per heavy atom. The average molecular weight is 280 g/mol. The van der Waals surface area contributed by atoms with Crippen molar-refractivity contribution in [2.75, 3.05) is 16.8 Å². The molecule has 0 saturated carbocycles. The van der Waals surface area contributed by atoms with Gasteiger partial charge in [-0.3, -0.25) is 4.79 Å². The Morgan fingerprint density at radius 3 is 2.37 bits per heavy atom. The van der Waals surface area contributed by atoms with Crippen LogP contribution in [0.25, 0.3) is 0 Å². The van der Waals surface area contributed by atoms with Crippen LogP contribution in [0.2, 0.25) is 5.02 Å². The number of halogens is 2. The number of hydrogen-bond acceptors (Lipinski definition) is 3. The highest BCUT2D eigenvalue weighted by Crippen LogP contribution is 2.23. The minimum absolute atomic E-state index is 0.188. The maximum atomic E-state index is 13.1. The molecule has 0 unspecified atom stereocenters. The topological polar surface area (TPSA) is 81.1 Å². The zero-order valence-corrected chi connectivity index (χ0v) is 10.5. The van der Waals surface area contributed by atoms with E-state index in [1.807, 2.05) is 0 Å². The predicted octanol–water partition coefficient (Wildman–Crippen LogP) is 2.90. The molecule has 1 amide bonds. The summed E-state index contributed by atoms with van der Waals surface area (Å²) in [5, 5.41) is 2.74. The summed E-state index contributed by atoms with van der Waals surface area (Å²) in [5.41, 5.74) is 12.4. The Hall–Kier alpha value is -2.27. The van der Waals surface area contributed by atoms with Crippen molar-refractivity contribution in [2.45, 2.75) is 0 Å². The van der Waals surface area contributed by atoms with Crippen molar-refractivity contribution in [1.82, 2.24) is 0 Å². The second-order valence-electron chi connectivity index (χ2n) is 3.97. The van der Waals surface area contributed by atoms with Crippen LogP contribution in [0.5, 0.6) is 0 Å². The number of hydrogen-bond donors (Lipinski definition) is 3. The summed E-state index contributed by atoms with van der Waals surface area (Å²) in [6.07, 6.45) is 0. The van der Waals surface area contributed by atoms with Gasteiger partial charge in [0.1, 0.15) is 5.82 Å². The van der Waals surface area contributed by atoms with E-state index >= 15 is 0 Å². The van der Waals surface area contributed by atoms with Crippen LogP contribution in [0.4, 0.5) is 21.5 Å². The molecule has 0 radical (unpaired) electrons. The monoisotopic (exact) mass is 279 g/mol. The van der Waals surface area contributed by atoms with Crippen molar-refractivity contribution < 1.29 is 9.18 Å². The van der Waals surface area contributed by atoms with Gasteiger partial charge in [0.25, 0.3) is 5.91 Å². The summed E-state index contributed by atoms with van der Waals surface area (Å²) in [6, 6.07) is 8.18. The third kappa shape index (κ3) is 3.14. The molecule has 4 nitrogen and oxygen atoms in total. The van der Waals surface area contributed by atoms with Crippen molar-refractivity contribution >= 4 is 34.6 Å². The Bertz CT molecular complexity index is 626. The molecule has 0 fully saturated rings. The first-order chi connectivity index (χ1) is 8.95. The van der Waals surface area contributed by atoms with Gasteiger partial charge in [-0.15, -0.1) is 0 Å². The van der Waals surface area contributed by atoms with Crippen LogP contribution in [-0.4, -0.2) is 5.91 Å². The third-order valence-electron chi connectivity index (χ3n) is 2.42. The molecule has 0 heterocycles. The first-order valence-electron chi connectivity index (χ1n) is 5.38. The summed E-state index contributed by atoms with van der Waals surface area (Å²) < 4.78 is 13.1. The lowest BCUT2D eigenvalue weighted by molar-refractivity contribution is 0.102. The van der Waals surface area contributed by atoms with Crippen LogP contribution in [0, 0.1) is 5.82 Å². The number of carbonyl (C=O) groups excluding carboxylic acids is 1. The fourth-order valence-electron chi connectivity index (χ4n) is 1.60. The Balaban J connectivity index is 2.28. The van der Waals surface area contributed by atoms with Crippen LogP contribution in [0.15, 0.2) is 36.4 Å². The summed E-state index contributed by atoms with van der Waals surface area (Å²) in [6.45, 7) is 0. The van der Waals surface area contributed by atoms with E-state index in [9.17, 15) is 9.18 Å². The smallest absolute Gasteiger partial charge is 0.255 e. The van der Waals surface area contributed by atoms with Gasteiger partial charge in [-0.2, -0.15) is 0 Å². The van der Waals surface area contributed by atoms with Gasteiger partial charge < -0.3 is 16.8 Å². The number of anilines is 3. The van der Waals surface area contributed by atoms with Crippen molar-refractivity contribution in [2.24, 2.45) is 0 Å². The number of nitrogen functional groups attached to an aromatic ring is 2. The first kappa shape index (κ1) is 13.2. The predicted molar refractivity (Wildman–Crippen MR) is 74.6 cm³/mol. The summed E-state index contributed by atoms with van der Waals surface area (Å²) >= 11 is 5.86. The summed E-state index contributed by atoms with van der Waals surface area (Å²) in [4.78, 5) is 12.0. The summed E-state index contributed by atoms with van der Waals surface area (Å²) in [7, 11) is 0. The minimum atomic E-state index is -0.494. The van der Waals surface area contributed by atoms with E-state index in [1.165, 1.54) is 30.3 Å². The maximum absolute atomic E-state index is 13.1. The van der Waals surface area contributed by atoms with Crippen molar-refractivity contribution in [1.29, 1.82) is 0 Å². The van der Waals surface area contributed by atoms with Crippen LogP contribution in [-0.2, 0) is 0 Å². The molecule has 98 valence electrons. The van der Waals surface area contributed by atoms with Gasteiger partial charge in [0, 0.05) is 16.9 Å². The van der Waals surface area contributed by atoms with Gasteiger partial charge in [-0.25, -0.2) is 4.39 Å². The maximum Gasteiger partial charge on any atom is 0.255 e. The zero-order chi connectivity index (χ0) is 14.0. The van der Waals surface area contributed by atoms with Gasteiger partial charge in [0.2, 0.25) is 0 Å². The molecule has 0 bridgehead atoms. The fraction of sp³-hybridized carbons (Fsp3) is 0. The van der Waals surface area contributed by atoms with E-state index in [2.05, 4.69) is 5.32 Å². The largest absolute Gasteiger partial charge is 0.399 e. The van der Waals surface area contributed by atoms with Gasteiger partial charge in [0.15, 0.2) is 0 Å². The molecule has 0 atom stereocenters. The number of benzene rings is 2. The molecule has 2 aromatic carbocycles. The second kappa shape index (κ2) is 5.16. The van der Waals surface area contributed by atoms with Gasteiger partial charge in [-0.1, -0.05) is 11.6 Å². The minimum Gasteiger partial charge on any atom is -0.399 e. The first-order valence-corrected chi connectivity index (χ1v) is 5.76. The Labute approximate surface area is 114 Å². The van der Waals surface area contributed by atoms with Crippen LogP contribution < -0.4 is 16.8 Å². The fourth-order valence-corrected chi connectivity index (χ4v) is 1.76. The number of carbonyl (C=O) groups is 1. The molecule has 0 aliphatic rings. The highest BCUT2D eigenvalue weighted by molar-refractivity contribution is 6.33. The molecule has 5 N–H and O–H groups in total. The third-order valence-corrected chi connectivity index (χ3v) is 2.75. The number of rotatable bonds is 2. The van der Waals surface area contributed by atoms with Gasteiger partial charge in [-0.05, 0) is 36.4 Å². The van der Waals surface area contributed by atoms with E-state index in [4.69, 9.17) is 23.1 Å². The van der Waals surface area contributed by atoms with Gasteiger partial charge >= 0.3 is 0 Å². The lowest BCUT2D eigenvalue weighted by Crippen LogP contribution is -2.13. The van der Waals surface area contributed by atoms with E-state index < -0.39 is 11.7 Å². The molecule has 6 heteroatoms. The number of nitrogens with two attached hydrogens (primary N) is 2. The average Bonchev–Trinajstić information content (AvgIpc) is 2.32. The molecule has 0 aromatic heterocycles. The molecule has 0 saturated heterocycles. The molecule has 19 heavy (non-hydrogen) atoms. The molecule has 0 aliphatic carbocycles. The quantitative estimate of drug-likeness (QED) is 0.739. The lowest BCUT2D eigenvalue weighted by Gasteiger charge is -2.08. The zero-order valence-electron chi connectivity index (χ0n) is 9.78.